The predicted octanol–water partition coefficient (Wildman–Crippen LogP) is 2.10. The van der Waals surface area contributed by atoms with Gasteiger partial charge in [0.2, 0.25) is 0 Å². The number of hydrogen-bond donors (Lipinski definition) is 0. The zero-order chi connectivity index (χ0) is 9.41. The number of hydrogen-bond acceptors (Lipinski definition) is 2. The van der Waals surface area contributed by atoms with Crippen LogP contribution in [0.1, 0.15) is 27.7 Å². The maximum atomic E-state index is 5.68. The highest BCUT2D eigenvalue weighted by atomic mass is 35.5. The zero-order valence-electron chi connectivity index (χ0n) is 8.19. The lowest BCUT2D eigenvalue weighted by atomic mass is 9.73. The molecule has 1 fully saturated rings. The van der Waals surface area contributed by atoms with Gasteiger partial charge in [0.25, 0.3) is 0 Å². The molecule has 0 aromatic rings. The van der Waals surface area contributed by atoms with Crippen molar-refractivity contribution in [1.29, 1.82) is 0 Å². The molecule has 0 aromatic heterocycles. The summed E-state index contributed by atoms with van der Waals surface area (Å²) in [6, 6.07) is 0. The quantitative estimate of drug-likeness (QED) is 0.466. The molecule has 0 saturated carbocycles. The monoisotopic (exact) mass is 190 g/mol. The Morgan fingerprint density at radius 3 is 2.33 bits per heavy atom. The fourth-order valence-electron chi connectivity index (χ4n) is 1.07. The summed E-state index contributed by atoms with van der Waals surface area (Å²) in [7, 11) is -0.241. The minimum atomic E-state index is -0.241. The molecule has 0 bridgehead atoms. The van der Waals surface area contributed by atoms with E-state index in [4.69, 9.17) is 20.9 Å². The second-order valence-corrected chi connectivity index (χ2v) is 4.72. The molecule has 1 rings (SSSR count). The van der Waals surface area contributed by atoms with E-state index in [2.05, 4.69) is 27.7 Å². The maximum Gasteiger partial charge on any atom is 0.473 e. The Labute approximate surface area is 79.7 Å². The van der Waals surface area contributed by atoms with Crippen LogP contribution in [0.15, 0.2) is 0 Å². The molecule has 1 aliphatic rings. The van der Waals surface area contributed by atoms with Gasteiger partial charge >= 0.3 is 7.12 Å². The summed E-state index contributed by atoms with van der Waals surface area (Å²) >= 11 is 5.65. The van der Waals surface area contributed by atoms with E-state index in [1.807, 2.05) is 0 Å². The molecule has 0 radical (unpaired) electrons. The van der Waals surface area contributed by atoms with E-state index in [1.165, 1.54) is 0 Å². The molecule has 0 N–H and O–H groups in total. The third-order valence-corrected chi connectivity index (χ3v) is 3.06. The minimum absolute atomic E-state index is 0.0511. The molecule has 4 heteroatoms. The molecule has 0 spiro atoms. The van der Waals surface area contributed by atoms with Crippen LogP contribution in [-0.2, 0) is 9.31 Å². The lowest BCUT2D eigenvalue weighted by Crippen LogP contribution is -2.55. The first-order valence-corrected chi connectivity index (χ1v) is 4.78. The van der Waals surface area contributed by atoms with E-state index in [0.717, 1.165) is 0 Å². The molecular formula is C8H16BClO2. The van der Waals surface area contributed by atoms with E-state index < -0.39 is 0 Å². The first-order valence-electron chi connectivity index (χ1n) is 4.24. The van der Waals surface area contributed by atoms with Gasteiger partial charge in [-0.3, -0.25) is 0 Å². The topological polar surface area (TPSA) is 18.5 Å². The van der Waals surface area contributed by atoms with Gasteiger partial charge in [-0.15, -0.1) is 11.6 Å². The summed E-state index contributed by atoms with van der Waals surface area (Å²) in [5.41, 5.74) is -0.111. The second-order valence-electron chi connectivity index (χ2n) is 4.41. The van der Waals surface area contributed by atoms with Crippen LogP contribution in [0.4, 0.5) is 0 Å². The molecule has 0 aliphatic carbocycles. The van der Waals surface area contributed by atoms with Crippen molar-refractivity contribution in [3.8, 4) is 0 Å². The van der Waals surface area contributed by atoms with E-state index in [0.29, 0.717) is 12.4 Å². The number of halogens is 1. The normalized spacial score (nSPS) is 27.2. The first kappa shape index (κ1) is 10.4. The Morgan fingerprint density at radius 2 is 1.92 bits per heavy atom. The number of rotatable bonds is 1. The zero-order valence-corrected chi connectivity index (χ0v) is 8.94. The van der Waals surface area contributed by atoms with Gasteiger partial charge < -0.3 is 9.31 Å². The van der Waals surface area contributed by atoms with Crippen molar-refractivity contribution < 1.29 is 9.31 Å². The average molecular weight is 190 g/mol. The van der Waals surface area contributed by atoms with Crippen LogP contribution in [0, 0.1) is 5.41 Å². The molecule has 12 heavy (non-hydrogen) atoms. The molecule has 0 unspecified atom stereocenters. The molecule has 1 heterocycles. The van der Waals surface area contributed by atoms with Gasteiger partial charge in [0.15, 0.2) is 0 Å². The molecular weight excluding hydrogens is 174 g/mol. The predicted molar refractivity (Wildman–Crippen MR) is 51.4 cm³/mol. The standard InChI is InChI=1S/C8H16BClO2/c1-7(2)5-11-9(6-10)12-8(7,3)4/h5-6H2,1-4H3. The fraction of sp³-hybridized carbons (Fsp3) is 1.00. The van der Waals surface area contributed by atoms with Crippen molar-refractivity contribution >= 4 is 18.7 Å². The summed E-state index contributed by atoms with van der Waals surface area (Å²) in [5, 5.41) is 0. The molecule has 1 aliphatic heterocycles. The largest absolute Gasteiger partial charge is 0.473 e. The summed E-state index contributed by atoms with van der Waals surface area (Å²) in [6.07, 6.45) is 0. The van der Waals surface area contributed by atoms with E-state index in [9.17, 15) is 0 Å². The lowest BCUT2D eigenvalue weighted by Gasteiger charge is -2.47. The Balaban J connectivity index is 2.68. The van der Waals surface area contributed by atoms with Gasteiger partial charge in [-0.1, -0.05) is 13.8 Å². The van der Waals surface area contributed by atoms with Gasteiger partial charge in [0.1, 0.15) is 0 Å². The van der Waals surface area contributed by atoms with E-state index in [-0.39, 0.29) is 18.1 Å². The molecule has 0 amide bonds. The summed E-state index contributed by atoms with van der Waals surface area (Å²) in [5.74, 6) is 0.402. The molecule has 0 atom stereocenters. The number of alkyl halides is 1. The van der Waals surface area contributed by atoms with Crippen LogP contribution >= 0.6 is 11.6 Å². The van der Waals surface area contributed by atoms with Gasteiger partial charge in [-0.2, -0.15) is 0 Å². The van der Waals surface area contributed by atoms with Gasteiger partial charge in [-0.25, -0.2) is 0 Å². The maximum absolute atomic E-state index is 5.68. The molecule has 0 aromatic carbocycles. The van der Waals surface area contributed by atoms with Crippen molar-refractivity contribution in [2.45, 2.75) is 33.3 Å². The van der Waals surface area contributed by atoms with Crippen molar-refractivity contribution in [2.24, 2.45) is 5.41 Å². The van der Waals surface area contributed by atoms with Crippen LogP contribution in [0.25, 0.3) is 0 Å². The molecule has 70 valence electrons. The Morgan fingerprint density at radius 1 is 1.33 bits per heavy atom. The summed E-state index contributed by atoms with van der Waals surface area (Å²) < 4.78 is 11.1. The highest BCUT2D eigenvalue weighted by Gasteiger charge is 2.45. The van der Waals surface area contributed by atoms with Crippen molar-refractivity contribution in [3.63, 3.8) is 0 Å². The third-order valence-electron chi connectivity index (χ3n) is 2.81. The third kappa shape index (κ3) is 1.78. The Hall–Kier alpha value is 0.275. The first-order chi connectivity index (χ1) is 5.39. The average Bonchev–Trinajstić information content (AvgIpc) is 1.95. The van der Waals surface area contributed by atoms with Crippen LogP contribution in [-0.4, -0.2) is 25.1 Å². The van der Waals surface area contributed by atoms with Crippen molar-refractivity contribution in [3.05, 3.63) is 0 Å². The lowest BCUT2D eigenvalue weighted by molar-refractivity contribution is -0.0964. The van der Waals surface area contributed by atoms with Crippen LogP contribution in [0.5, 0.6) is 0 Å². The smallest absolute Gasteiger partial charge is 0.410 e. The molecule has 1 saturated heterocycles. The van der Waals surface area contributed by atoms with Gasteiger partial charge in [0.05, 0.1) is 11.4 Å². The Kier molecular flexibility index (Phi) is 2.77. The van der Waals surface area contributed by atoms with Crippen LogP contribution in [0.3, 0.4) is 0 Å². The highest BCUT2D eigenvalue weighted by molar-refractivity contribution is 6.56. The molecule has 2 nitrogen and oxygen atoms in total. The van der Waals surface area contributed by atoms with Crippen LogP contribution in [0.2, 0.25) is 0 Å². The summed E-state index contributed by atoms with van der Waals surface area (Å²) in [4.78, 5) is 0. The van der Waals surface area contributed by atoms with Crippen molar-refractivity contribution in [2.75, 3.05) is 12.4 Å². The SMILES string of the molecule is CC1(C)COB(CCl)OC1(C)C. The minimum Gasteiger partial charge on any atom is -0.410 e. The van der Waals surface area contributed by atoms with Crippen molar-refractivity contribution in [1.82, 2.24) is 0 Å². The van der Waals surface area contributed by atoms with Crippen LogP contribution < -0.4 is 0 Å². The summed E-state index contributed by atoms with van der Waals surface area (Å²) in [6.45, 7) is 9.14. The van der Waals surface area contributed by atoms with Gasteiger partial charge in [0, 0.05) is 12.0 Å². The van der Waals surface area contributed by atoms with E-state index >= 15 is 0 Å². The highest BCUT2D eigenvalue weighted by Crippen LogP contribution is 2.38. The van der Waals surface area contributed by atoms with E-state index in [1.54, 1.807) is 0 Å². The fourth-order valence-corrected chi connectivity index (χ4v) is 1.23. The van der Waals surface area contributed by atoms with Gasteiger partial charge in [-0.05, 0) is 13.8 Å². The Bertz CT molecular complexity index is 170. The second kappa shape index (κ2) is 3.20.